The minimum atomic E-state index is 0.0118. The molecule has 0 bridgehead atoms. The molecule has 0 saturated heterocycles. The van der Waals surface area contributed by atoms with Gasteiger partial charge in [0.1, 0.15) is 0 Å². The summed E-state index contributed by atoms with van der Waals surface area (Å²) in [4.78, 5) is 12.3. The molecule has 0 aliphatic heterocycles. The Kier molecular flexibility index (Phi) is 7.52. The van der Waals surface area contributed by atoms with Gasteiger partial charge in [-0.1, -0.05) is 57.6 Å². The van der Waals surface area contributed by atoms with Crippen molar-refractivity contribution in [3.63, 3.8) is 0 Å². The van der Waals surface area contributed by atoms with Gasteiger partial charge < -0.3 is 10.5 Å². The lowest BCUT2D eigenvalue weighted by Gasteiger charge is -2.68. The third kappa shape index (κ3) is 4.56. The molecule has 0 aromatic carbocycles. The van der Waals surface area contributed by atoms with E-state index >= 15 is 0 Å². The number of hydrogen-bond donors (Lipinski definition) is 1. The lowest BCUT2D eigenvalue weighted by molar-refractivity contribution is -0.175. The van der Waals surface area contributed by atoms with Crippen LogP contribution in [0.2, 0.25) is 0 Å². The van der Waals surface area contributed by atoms with Crippen LogP contribution in [0.4, 0.5) is 0 Å². The molecule has 0 radical (unpaired) electrons. The maximum Gasteiger partial charge on any atom is 0.308 e. The molecule has 0 spiro atoms. The second-order valence-corrected chi connectivity index (χ2v) is 16.7. The average molecular weight is 562 g/mol. The van der Waals surface area contributed by atoms with Gasteiger partial charge in [-0.2, -0.15) is 0 Å². The summed E-state index contributed by atoms with van der Waals surface area (Å²) in [6.07, 6.45) is 20.9. The molecule has 0 heterocycles. The van der Waals surface area contributed by atoms with Crippen LogP contribution in [0.15, 0.2) is 35.5 Å². The van der Waals surface area contributed by atoms with Crippen LogP contribution in [-0.2, 0) is 9.53 Å². The van der Waals surface area contributed by atoms with Gasteiger partial charge in [-0.05, 0) is 155 Å². The molecule has 0 amide bonds. The number of carbonyl (C=O) groups is 1. The molecule has 0 aromatic rings. The number of ether oxygens (including phenoxy) is 1. The van der Waals surface area contributed by atoms with E-state index in [-0.39, 0.29) is 22.8 Å². The third-order valence-corrected chi connectivity index (χ3v) is 14.5. The minimum absolute atomic E-state index is 0.0118. The van der Waals surface area contributed by atoms with Gasteiger partial charge in [-0.15, -0.1) is 0 Å². The smallest absolute Gasteiger partial charge is 0.308 e. The SMILES string of the molecule is C=C(C)C1CCC2(N)CCC3C(CCC4C3(C)CCC3C(C)(C)C(C=C5CCC(C(=O)OCC)CC5)=CCC34C)C12. The third-order valence-electron chi connectivity index (χ3n) is 14.5. The highest BCUT2D eigenvalue weighted by Gasteiger charge is 2.65. The Labute approximate surface area is 251 Å². The van der Waals surface area contributed by atoms with Gasteiger partial charge >= 0.3 is 5.97 Å². The van der Waals surface area contributed by atoms with Crippen LogP contribution in [0.1, 0.15) is 125 Å². The normalized spacial score (nSPS) is 46.8. The Morgan fingerprint density at radius 1 is 0.976 bits per heavy atom. The van der Waals surface area contributed by atoms with Crippen LogP contribution in [0.3, 0.4) is 0 Å². The fourth-order valence-corrected chi connectivity index (χ4v) is 12.6. The van der Waals surface area contributed by atoms with E-state index in [9.17, 15) is 4.79 Å². The van der Waals surface area contributed by atoms with Crippen molar-refractivity contribution < 1.29 is 9.53 Å². The van der Waals surface area contributed by atoms with Crippen molar-refractivity contribution in [2.24, 2.45) is 63.4 Å². The highest BCUT2D eigenvalue weighted by atomic mass is 16.5. The minimum Gasteiger partial charge on any atom is -0.466 e. The summed E-state index contributed by atoms with van der Waals surface area (Å²) in [5.74, 6) is 4.54. The van der Waals surface area contributed by atoms with E-state index in [0.717, 1.165) is 49.4 Å². The van der Waals surface area contributed by atoms with Crippen molar-refractivity contribution in [1.82, 2.24) is 0 Å². The number of fused-ring (bicyclic) bond motifs is 7. The van der Waals surface area contributed by atoms with Crippen molar-refractivity contribution in [2.75, 3.05) is 6.61 Å². The van der Waals surface area contributed by atoms with Crippen LogP contribution in [0.25, 0.3) is 0 Å². The highest BCUT2D eigenvalue weighted by molar-refractivity contribution is 5.72. The lowest BCUT2D eigenvalue weighted by atomic mass is 9.37. The number of allylic oxidation sites excluding steroid dienone is 5. The first-order chi connectivity index (χ1) is 19.3. The second-order valence-electron chi connectivity index (χ2n) is 16.7. The van der Waals surface area contributed by atoms with Gasteiger partial charge in [0.05, 0.1) is 12.5 Å². The molecule has 9 atom stereocenters. The number of carbonyl (C=O) groups excluding carboxylic acids is 1. The summed E-state index contributed by atoms with van der Waals surface area (Å²) in [7, 11) is 0. The van der Waals surface area contributed by atoms with Crippen molar-refractivity contribution in [3.05, 3.63) is 35.5 Å². The fraction of sp³-hybridized carbons (Fsp3) is 0.816. The van der Waals surface area contributed by atoms with E-state index in [1.807, 2.05) is 6.92 Å². The van der Waals surface area contributed by atoms with Gasteiger partial charge in [0.2, 0.25) is 0 Å². The molecule has 6 rings (SSSR count). The van der Waals surface area contributed by atoms with Crippen LogP contribution >= 0.6 is 0 Å². The van der Waals surface area contributed by atoms with E-state index in [4.69, 9.17) is 10.5 Å². The molecule has 5 fully saturated rings. The zero-order valence-corrected chi connectivity index (χ0v) is 27.2. The van der Waals surface area contributed by atoms with E-state index in [2.05, 4.69) is 53.3 Å². The van der Waals surface area contributed by atoms with Gasteiger partial charge in [0.25, 0.3) is 0 Å². The number of rotatable bonds is 4. The summed E-state index contributed by atoms with van der Waals surface area (Å²) in [6, 6.07) is 0. The average Bonchev–Trinajstić information content (AvgIpc) is 3.28. The fourth-order valence-electron chi connectivity index (χ4n) is 12.6. The zero-order chi connectivity index (χ0) is 29.4. The standard InChI is InChI=1S/C38H59NO2/c1-8-41-34(40)26-11-9-25(10-12-26)23-27-15-19-37(7)31(35(27,4)5)18-20-36(6)30-17-22-38(39)21-16-28(24(2)3)33(38)29(30)13-14-32(36)37/h15,23,26,28-33H,2,8-14,16-22,39H2,1,3-7H3. The predicted octanol–water partition coefficient (Wildman–Crippen LogP) is 9.18. The molecule has 3 heteroatoms. The molecular formula is C38H59NO2. The van der Waals surface area contributed by atoms with E-state index in [0.29, 0.717) is 29.3 Å². The van der Waals surface area contributed by atoms with Crippen molar-refractivity contribution >= 4 is 5.97 Å². The Bertz CT molecular complexity index is 1120. The quantitative estimate of drug-likeness (QED) is 0.275. The number of esters is 1. The first kappa shape index (κ1) is 29.7. The van der Waals surface area contributed by atoms with Crippen LogP contribution < -0.4 is 5.73 Å². The van der Waals surface area contributed by atoms with Crippen molar-refractivity contribution in [3.8, 4) is 0 Å². The molecule has 6 aliphatic carbocycles. The summed E-state index contributed by atoms with van der Waals surface area (Å²) in [5, 5.41) is 0. The molecular weight excluding hydrogens is 502 g/mol. The molecule has 6 aliphatic rings. The first-order valence-electron chi connectivity index (χ1n) is 17.4. The van der Waals surface area contributed by atoms with Crippen LogP contribution in [-0.4, -0.2) is 18.1 Å². The van der Waals surface area contributed by atoms with Crippen LogP contribution in [0, 0.1) is 57.7 Å². The number of hydrogen-bond acceptors (Lipinski definition) is 3. The van der Waals surface area contributed by atoms with Crippen molar-refractivity contribution in [1.29, 1.82) is 0 Å². The molecule has 9 unspecified atom stereocenters. The Morgan fingerprint density at radius 3 is 2.37 bits per heavy atom. The Hall–Kier alpha value is -1.35. The van der Waals surface area contributed by atoms with Gasteiger partial charge in [0, 0.05) is 5.54 Å². The van der Waals surface area contributed by atoms with Gasteiger partial charge in [0.15, 0.2) is 0 Å². The molecule has 5 saturated carbocycles. The largest absolute Gasteiger partial charge is 0.466 e. The summed E-state index contributed by atoms with van der Waals surface area (Å²) in [6.45, 7) is 19.6. The van der Waals surface area contributed by atoms with Crippen molar-refractivity contribution in [2.45, 2.75) is 131 Å². The van der Waals surface area contributed by atoms with Gasteiger partial charge in [-0.3, -0.25) is 4.79 Å². The lowest BCUT2D eigenvalue weighted by Crippen LogP contribution is -2.63. The molecule has 41 heavy (non-hydrogen) atoms. The first-order valence-corrected chi connectivity index (χ1v) is 17.4. The van der Waals surface area contributed by atoms with E-state index in [1.54, 1.807) is 11.1 Å². The predicted molar refractivity (Wildman–Crippen MR) is 169 cm³/mol. The number of nitrogens with two attached hydrogens (primary N) is 1. The molecule has 0 aromatic heterocycles. The van der Waals surface area contributed by atoms with E-state index in [1.165, 1.54) is 63.4 Å². The maximum atomic E-state index is 12.3. The monoisotopic (exact) mass is 561 g/mol. The molecule has 2 N–H and O–H groups in total. The highest BCUT2D eigenvalue weighted by Crippen LogP contribution is 2.72. The topological polar surface area (TPSA) is 52.3 Å². The summed E-state index contributed by atoms with van der Waals surface area (Å²) in [5.41, 5.74) is 12.8. The van der Waals surface area contributed by atoms with Gasteiger partial charge in [-0.25, -0.2) is 0 Å². The Morgan fingerprint density at radius 2 is 1.68 bits per heavy atom. The Balaban J connectivity index is 1.23. The summed E-state index contributed by atoms with van der Waals surface area (Å²) < 4.78 is 5.32. The molecule has 228 valence electrons. The second kappa shape index (κ2) is 10.4. The summed E-state index contributed by atoms with van der Waals surface area (Å²) >= 11 is 0. The van der Waals surface area contributed by atoms with Crippen LogP contribution in [0.5, 0.6) is 0 Å². The molecule has 3 nitrogen and oxygen atoms in total. The van der Waals surface area contributed by atoms with E-state index < -0.39 is 0 Å². The zero-order valence-electron chi connectivity index (χ0n) is 27.2. The maximum absolute atomic E-state index is 12.3.